The zero-order valence-corrected chi connectivity index (χ0v) is 22.0. The Morgan fingerprint density at radius 2 is 1.41 bits per heavy atom. The summed E-state index contributed by atoms with van der Waals surface area (Å²) in [6, 6.07) is 5.16. The van der Waals surface area contributed by atoms with Gasteiger partial charge in [0.2, 0.25) is 5.91 Å². The minimum atomic E-state index is -0.508. The first-order valence-corrected chi connectivity index (χ1v) is 13.3. The lowest BCUT2D eigenvalue weighted by Crippen LogP contribution is -2.12. The molecule has 1 amide bonds. The molecular formula is C27H43ClN2O4. The lowest BCUT2D eigenvalue weighted by Gasteiger charge is -2.14. The maximum atomic E-state index is 12.3. The Bertz CT molecular complexity index is 752. The van der Waals surface area contributed by atoms with Gasteiger partial charge in [0.15, 0.2) is 5.88 Å². The summed E-state index contributed by atoms with van der Waals surface area (Å²) in [4.78, 5) is 24.1. The maximum Gasteiger partial charge on any atom is 0.336 e. The molecule has 0 unspecified atom stereocenters. The van der Waals surface area contributed by atoms with Gasteiger partial charge in [0.1, 0.15) is 0 Å². The van der Waals surface area contributed by atoms with Crippen LogP contribution in [0.15, 0.2) is 30.2 Å². The number of carbonyl (C=O) groups is 2. The zero-order valence-electron chi connectivity index (χ0n) is 21.2. The van der Waals surface area contributed by atoms with Gasteiger partial charge in [-0.15, -0.1) is 0 Å². The number of hydrogen-bond donors (Lipinski definition) is 2. The zero-order chi connectivity index (χ0) is 25.0. The minimum absolute atomic E-state index is 0.0173. The van der Waals surface area contributed by atoms with Crippen LogP contribution in [0.5, 0.6) is 0 Å². The first-order chi connectivity index (χ1) is 16.5. The smallest absolute Gasteiger partial charge is 0.336 e. The first-order valence-electron chi connectivity index (χ1n) is 12.9. The van der Waals surface area contributed by atoms with Crippen LogP contribution in [0.2, 0.25) is 5.02 Å². The summed E-state index contributed by atoms with van der Waals surface area (Å²) < 4.78 is 10.4. The topological polar surface area (TPSA) is 76.7 Å². The van der Waals surface area contributed by atoms with Crippen LogP contribution in [0, 0.1) is 0 Å². The summed E-state index contributed by atoms with van der Waals surface area (Å²) >= 11 is 6.29. The van der Waals surface area contributed by atoms with E-state index in [4.69, 9.17) is 21.1 Å². The molecule has 0 bridgehead atoms. The van der Waals surface area contributed by atoms with Crippen LogP contribution in [0.1, 0.15) is 97.8 Å². The molecule has 0 saturated carbocycles. The number of benzene rings is 1. The third-order valence-corrected chi connectivity index (χ3v) is 5.68. The van der Waals surface area contributed by atoms with Crippen molar-refractivity contribution < 1.29 is 19.1 Å². The number of nitrogens with one attached hydrogen (secondary N) is 2. The number of rotatable bonds is 19. The van der Waals surface area contributed by atoms with Crippen LogP contribution in [0.25, 0.3) is 0 Å². The molecule has 0 aliphatic heterocycles. The molecule has 34 heavy (non-hydrogen) atoms. The molecule has 2 N–H and O–H groups in total. The van der Waals surface area contributed by atoms with Gasteiger partial charge in [-0.25, -0.2) is 4.79 Å². The van der Waals surface area contributed by atoms with Gasteiger partial charge in [-0.1, -0.05) is 82.7 Å². The molecule has 0 atom stereocenters. The Labute approximate surface area is 210 Å². The largest absolute Gasteiger partial charge is 0.479 e. The Hall–Kier alpha value is -2.21. The molecule has 1 aromatic carbocycles. The number of anilines is 2. The molecule has 0 heterocycles. The molecule has 7 heteroatoms. The van der Waals surface area contributed by atoms with Gasteiger partial charge in [-0.3, -0.25) is 4.79 Å². The number of amides is 1. The molecule has 1 aromatic rings. The third kappa shape index (κ3) is 14.1. The SMILES string of the molecule is CCCCCCCCCCCCCC(=O)Nc1ccc(Cl)c(NC(=CC(=O)OCC)OCC)c1. The normalized spacial score (nSPS) is 11.2. The summed E-state index contributed by atoms with van der Waals surface area (Å²) in [6.07, 6.45) is 15.5. The minimum Gasteiger partial charge on any atom is -0.479 e. The summed E-state index contributed by atoms with van der Waals surface area (Å²) in [5, 5.41) is 6.36. The van der Waals surface area contributed by atoms with Gasteiger partial charge in [-0.05, 0) is 38.5 Å². The number of ether oxygens (including phenoxy) is 2. The quantitative estimate of drug-likeness (QED) is 0.0886. The van der Waals surface area contributed by atoms with Crippen LogP contribution in [0.3, 0.4) is 0 Å². The molecule has 0 radical (unpaired) electrons. The predicted molar refractivity (Wildman–Crippen MR) is 141 cm³/mol. The van der Waals surface area contributed by atoms with Crippen LogP contribution in [-0.2, 0) is 19.1 Å². The van der Waals surface area contributed by atoms with Gasteiger partial charge >= 0.3 is 5.97 Å². The van der Waals surface area contributed by atoms with E-state index in [1.54, 1.807) is 25.1 Å². The predicted octanol–water partition coefficient (Wildman–Crippen LogP) is 7.83. The van der Waals surface area contributed by atoms with Gasteiger partial charge in [0.25, 0.3) is 0 Å². The average molecular weight is 495 g/mol. The molecule has 0 aromatic heterocycles. The standard InChI is InChI=1S/C27H43ClN2O4/c1-4-7-8-9-10-11-12-13-14-15-16-17-25(31)29-22-18-19-23(28)24(20-22)30-26(33-5-2)21-27(32)34-6-3/h18-21,30H,4-17H2,1-3H3,(H,29,31). The Morgan fingerprint density at radius 3 is 2.00 bits per heavy atom. The number of hydrogen-bond acceptors (Lipinski definition) is 5. The molecule has 0 spiro atoms. The van der Waals surface area contributed by atoms with Crippen molar-refractivity contribution in [2.24, 2.45) is 0 Å². The third-order valence-electron chi connectivity index (χ3n) is 5.35. The second-order valence-corrected chi connectivity index (χ2v) is 8.75. The highest BCUT2D eigenvalue weighted by atomic mass is 35.5. The number of halogens is 1. The lowest BCUT2D eigenvalue weighted by atomic mass is 10.1. The molecular weight excluding hydrogens is 452 g/mol. The highest BCUT2D eigenvalue weighted by Gasteiger charge is 2.10. The number of carbonyl (C=O) groups excluding carboxylic acids is 2. The van der Waals surface area contributed by atoms with E-state index in [1.807, 2.05) is 6.92 Å². The fraction of sp³-hybridized carbons (Fsp3) is 0.630. The summed E-state index contributed by atoms with van der Waals surface area (Å²) in [5.74, 6) is -0.297. The molecule has 1 rings (SSSR count). The maximum absolute atomic E-state index is 12.3. The lowest BCUT2D eigenvalue weighted by molar-refractivity contribution is -0.137. The van der Waals surface area contributed by atoms with Gasteiger partial charge in [-0.2, -0.15) is 0 Å². The molecule has 0 aliphatic rings. The van der Waals surface area contributed by atoms with E-state index in [1.165, 1.54) is 63.9 Å². The van der Waals surface area contributed by atoms with Crippen LogP contribution >= 0.6 is 11.6 Å². The summed E-state index contributed by atoms with van der Waals surface area (Å²) in [7, 11) is 0. The van der Waals surface area contributed by atoms with Crippen molar-refractivity contribution in [1.82, 2.24) is 0 Å². The first kappa shape index (κ1) is 29.8. The van der Waals surface area contributed by atoms with Crippen molar-refractivity contribution in [3.8, 4) is 0 Å². The fourth-order valence-corrected chi connectivity index (χ4v) is 3.73. The number of esters is 1. The molecule has 0 fully saturated rings. The second-order valence-electron chi connectivity index (χ2n) is 8.35. The monoisotopic (exact) mass is 494 g/mol. The van der Waals surface area contributed by atoms with E-state index in [0.29, 0.717) is 29.4 Å². The summed E-state index contributed by atoms with van der Waals surface area (Å²) in [5.41, 5.74) is 1.16. The van der Waals surface area contributed by atoms with Gasteiger partial charge in [0.05, 0.1) is 30.0 Å². The second kappa shape index (κ2) is 19.1. The van der Waals surface area contributed by atoms with E-state index >= 15 is 0 Å². The van der Waals surface area contributed by atoms with Crippen molar-refractivity contribution in [3.63, 3.8) is 0 Å². The van der Waals surface area contributed by atoms with E-state index < -0.39 is 5.97 Å². The van der Waals surface area contributed by atoms with E-state index in [2.05, 4.69) is 17.6 Å². The van der Waals surface area contributed by atoms with Gasteiger partial charge in [0, 0.05) is 12.1 Å². The number of unbranched alkanes of at least 4 members (excludes halogenated alkanes) is 10. The van der Waals surface area contributed by atoms with Crippen molar-refractivity contribution in [2.75, 3.05) is 23.8 Å². The van der Waals surface area contributed by atoms with Crippen molar-refractivity contribution >= 4 is 34.9 Å². The van der Waals surface area contributed by atoms with E-state index in [-0.39, 0.29) is 18.4 Å². The Kier molecular flexibility index (Phi) is 16.8. The fourth-order valence-electron chi connectivity index (χ4n) is 3.57. The Balaban J connectivity index is 2.39. The molecule has 0 saturated heterocycles. The van der Waals surface area contributed by atoms with E-state index in [9.17, 15) is 9.59 Å². The van der Waals surface area contributed by atoms with E-state index in [0.717, 1.165) is 12.8 Å². The highest BCUT2D eigenvalue weighted by molar-refractivity contribution is 6.33. The van der Waals surface area contributed by atoms with Crippen LogP contribution in [-0.4, -0.2) is 25.1 Å². The molecule has 6 nitrogen and oxygen atoms in total. The Morgan fingerprint density at radius 1 is 0.824 bits per heavy atom. The van der Waals surface area contributed by atoms with Crippen LogP contribution < -0.4 is 10.6 Å². The summed E-state index contributed by atoms with van der Waals surface area (Å²) in [6.45, 7) is 6.44. The van der Waals surface area contributed by atoms with Crippen molar-refractivity contribution in [3.05, 3.63) is 35.2 Å². The van der Waals surface area contributed by atoms with Gasteiger partial charge < -0.3 is 20.1 Å². The van der Waals surface area contributed by atoms with Crippen LogP contribution in [0.4, 0.5) is 11.4 Å². The average Bonchev–Trinajstić information content (AvgIpc) is 2.80. The molecule has 0 aliphatic carbocycles. The van der Waals surface area contributed by atoms with Crippen molar-refractivity contribution in [1.29, 1.82) is 0 Å². The molecule has 192 valence electrons. The van der Waals surface area contributed by atoms with Crippen molar-refractivity contribution in [2.45, 2.75) is 97.8 Å². The highest BCUT2D eigenvalue weighted by Crippen LogP contribution is 2.27.